The van der Waals surface area contributed by atoms with E-state index >= 15 is 0 Å². The minimum absolute atomic E-state index is 0.253. The molecule has 0 bridgehead atoms. The largest absolute Gasteiger partial charge is 0.381 e. The van der Waals surface area contributed by atoms with Gasteiger partial charge >= 0.3 is 16.9 Å². The first kappa shape index (κ1) is 14.1. The normalized spacial score (nSPS) is 18.1. The molecule has 0 aromatic carbocycles. The number of aromatic nitrogens is 2. The molecule has 1 aliphatic heterocycles. The van der Waals surface area contributed by atoms with Crippen LogP contribution >= 0.6 is 0 Å². The van der Waals surface area contributed by atoms with Crippen molar-refractivity contribution in [2.24, 2.45) is 13.0 Å². The van der Waals surface area contributed by atoms with Gasteiger partial charge in [-0.3, -0.25) is 24.3 Å². The van der Waals surface area contributed by atoms with Crippen molar-refractivity contribution in [1.82, 2.24) is 9.13 Å². The van der Waals surface area contributed by atoms with E-state index in [-0.39, 0.29) is 18.3 Å². The molecule has 0 saturated carbocycles. The number of ether oxygens (including phenoxy) is 1. The smallest absolute Gasteiger partial charge is 0.350 e. The van der Waals surface area contributed by atoms with Crippen molar-refractivity contribution in [3.63, 3.8) is 0 Å². The Balaban J connectivity index is 2.40. The van der Waals surface area contributed by atoms with Crippen molar-refractivity contribution in [1.29, 1.82) is 0 Å². The maximum Gasteiger partial charge on any atom is 0.350 e. The third-order valence-corrected chi connectivity index (χ3v) is 3.21. The van der Waals surface area contributed by atoms with Crippen LogP contribution in [-0.2, 0) is 23.1 Å². The van der Waals surface area contributed by atoms with Crippen LogP contribution in [0.25, 0.3) is 0 Å². The molecule has 1 aliphatic rings. The lowest BCUT2D eigenvalue weighted by atomic mass is 10.0. The van der Waals surface area contributed by atoms with Crippen molar-refractivity contribution in [2.45, 2.75) is 13.0 Å². The van der Waals surface area contributed by atoms with Gasteiger partial charge in [-0.15, -0.1) is 0 Å². The number of nitro groups is 1. The molecule has 0 radical (unpaired) electrons. The molecule has 0 spiro atoms. The average Bonchev–Trinajstić information content (AvgIpc) is 2.92. The third-order valence-electron chi connectivity index (χ3n) is 3.21. The number of hydrogen-bond acceptors (Lipinski definition) is 6. The van der Waals surface area contributed by atoms with E-state index < -0.39 is 28.4 Å². The summed E-state index contributed by atoms with van der Waals surface area (Å²) in [6.07, 6.45) is 1.38. The van der Waals surface area contributed by atoms with Gasteiger partial charge in [-0.25, -0.2) is 9.36 Å². The first-order chi connectivity index (χ1) is 9.41. The number of hydrogen-bond donors (Lipinski definition) is 0. The van der Waals surface area contributed by atoms with Gasteiger partial charge in [-0.05, 0) is 6.42 Å². The topological polar surface area (TPSA) is 113 Å². The average molecular weight is 283 g/mol. The molecule has 2 rings (SSSR count). The van der Waals surface area contributed by atoms with Crippen LogP contribution in [0.1, 0.15) is 6.42 Å². The molecule has 1 aromatic heterocycles. The van der Waals surface area contributed by atoms with Gasteiger partial charge in [-0.1, -0.05) is 0 Å². The van der Waals surface area contributed by atoms with E-state index in [0.717, 1.165) is 10.8 Å². The number of ketones is 1. The Labute approximate surface area is 112 Å². The van der Waals surface area contributed by atoms with Crippen LogP contribution in [0, 0.1) is 16.0 Å². The van der Waals surface area contributed by atoms with Gasteiger partial charge in [0.05, 0.1) is 24.3 Å². The Kier molecular flexibility index (Phi) is 3.79. The van der Waals surface area contributed by atoms with E-state index in [1.54, 1.807) is 0 Å². The van der Waals surface area contributed by atoms with Gasteiger partial charge < -0.3 is 4.74 Å². The number of carbonyl (C=O) groups excluding carboxylic acids is 1. The molecule has 0 amide bonds. The predicted octanol–water partition coefficient (Wildman–Crippen LogP) is -0.939. The summed E-state index contributed by atoms with van der Waals surface area (Å²) < 4.78 is 6.57. The molecule has 0 aliphatic carbocycles. The monoisotopic (exact) mass is 283 g/mol. The number of rotatable bonds is 4. The van der Waals surface area contributed by atoms with E-state index in [1.807, 2.05) is 0 Å². The zero-order valence-corrected chi connectivity index (χ0v) is 10.8. The Morgan fingerprint density at radius 1 is 1.55 bits per heavy atom. The van der Waals surface area contributed by atoms with Crippen LogP contribution in [0.15, 0.2) is 15.8 Å². The molecule has 20 heavy (non-hydrogen) atoms. The van der Waals surface area contributed by atoms with Crippen LogP contribution in [0.5, 0.6) is 0 Å². The lowest BCUT2D eigenvalue weighted by molar-refractivity contribution is -0.387. The zero-order valence-electron chi connectivity index (χ0n) is 10.8. The second-order valence-electron chi connectivity index (χ2n) is 4.58. The molecule has 2 heterocycles. The fourth-order valence-corrected chi connectivity index (χ4v) is 2.05. The molecular weight excluding hydrogens is 270 g/mol. The molecule has 9 heteroatoms. The summed E-state index contributed by atoms with van der Waals surface area (Å²) in [7, 11) is 1.29. The summed E-state index contributed by atoms with van der Waals surface area (Å²) >= 11 is 0. The van der Waals surface area contributed by atoms with E-state index in [0.29, 0.717) is 17.6 Å². The van der Waals surface area contributed by atoms with Crippen LogP contribution in [0.2, 0.25) is 0 Å². The SMILES string of the molecule is Cn1cc([N+](=O)[O-])c(=O)n(CC(=O)C2CCOC2)c1=O. The summed E-state index contributed by atoms with van der Waals surface area (Å²) in [5.41, 5.74) is -2.55. The number of nitrogens with zero attached hydrogens (tertiary/aromatic N) is 3. The Morgan fingerprint density at radius 3 is 2.80 bits per heavy atom. The maximum atomic E-state index is 12.0. The Bertz CT molecular complexity index is 668. The van der Waals surface area contributed by atoms with Crippen molar-refractivity contribution in [3.05, 3.63) is 37.1 Å². The summed E-state index contributed by atoms with van der Waals surface area (Å²) in [5, 5.41) is 10.8. The predicted molar refractivity (Wildman–Crippen MR) is 66.5 cm³/mol. The van der Waals surface area contributed by atoms with E-state index in [9.17, 15) is 24.5 Å². The second kappa shape index (κ2) is 5.37. The first-order valence-corrected chi connectivity index (χ1v) is 5.97. The van der Waals surface area contributed by atoms with Crippen LogP contribution in [-0.4, -0.2) is 33.1 Å². The van der Waals surface area contributed by atoms with E-state index in [2.05, 4.69) is 0 Å². The molecule has 1 fully saturated rings. The highest BCUT2D eigenvalue weighted by atomic mass is 16.6. The molecule has 1 saturated heterocycles. The first-order valence-electron chi connectivity index (χ1n) is 5.97. The standard InChI is InChI=1S/C11H13N3O6/c1-12-4-8(14(18)19)10(16)13(11(12)17)5-9(15)7-2-3-20-6-7/h4,7H,2-3,5-6H2,1H3. The van der Waals surface area contributed by atoms with E-state index in [1.165, 1.54) is 7.05 Å². The Hall–Kier alpha value is -2.29. The fourth-order valence-electron chi connectivity index (χ4n) is 2.05. The lowest BCUT2D eigenvalue weighted by Crippen LogP contribution is -2.42. The van der Waals surface area contributed by atoms with Gasteiger partial charge in [0.2, 0.25) is 0 Å². The zero-order chi connectivity index (χ0) is 14.9. The lowest BCUT2D eigenvalue weighted by Gasteiger charge is -2.09. The minimum atomic E-state index is -1.06. The molecular formula is C11H13N3O6. The quantitative estimate of drug-likeness (QED) is 0.520. The number of carbonyl (C=O) groups is 1. The molecule has 1 aromatic rings. The van der Waals surface area contributed by atoms with Crippen molar-refractivity contribution in [2.75, 3.05) is 13.2 Å². The summed E-state index contributed by atoms with van der Waals surface area (Å²) in [6, 6.07) is 0. The van der Waals surface area contributed by atoms with Gasteiger partial charge in [-0.2, -0.15) is 0 Å². The van der Waals surface area contributed by atoms with E-state index in [4.69, 9.17) is 4.74 Å². The highest BCUT2D eigenvalue weighted by Crippen LogP contribution is 2.13. The highest BCUT2D eigenvalue weighted by molar-refractivity contribution is 5.81. The fraction of sp³-hybridized carbons (Fsp3) is 0.545. The van der Waals surface area contributed by atoms with Gasteiger partial charge in [0.15, 0.2) is 5.78 Å². The highest BCUT2D eigenvalue weighted by Gasteiger charge is 2.26. The molecule has 9 nitrogen and oxygen atoms in total. The molecule has 1 atom stereocenters. The van der Waals surface area contributed by atoms with Crippen LogP contribution in [0.3, 0.4) is 0 Å². The number of aryl methyl sites for hydroxylation is 1. The van der Waals surface area contributed by atoms with Crippen molar-refractivity contribution in [3.8, 4) is 0 Å². The van der Waals surface area contributed by atoms with Crippen LogP contribution in [0.4, 0.5) is 5.69 Å². The Morgan fingerprint density at radius 2 is 2.25 bits per heavy atom. The van der Waals surface area contributed by atoms with Gasteiger partial charge in [0, 0.05) is 19.6 Å². The number of Topliss-reactive ketones (excluding diaryl/α,β-unsaturated/α-hetero) is 1. The van der Waals surface area contributed by atoms with Crippen molar-refractivity contribution >= 4 is 11.5 Å². The molecule has 0 N–H and O–H groups in total. The third kappa shape index (κ3) is 2.52. The molecule has 108 valence electrons. The van der Waals surface area contributed by atoms with Gasteiger partial charge in [0.1, 0.15) is 0 Å². The second-order valence-corrected chi connectivity index (χ2v) is 4.58. The molecule has 1 unspecified atom stereocenters. The summed E-state index contributed by atoms with van der Waals surface area (Å²) in [6.45, 7) is 0.238. The van der Waals surface area contributed by atoms with Gasteiger partial charge in [0.25, 0.3) is 0 Å². The maximum absolute atomic E-state index is 12.0. The summed E-state index contributed by atoms with van der Waals surface area (Å²) in [5.74, 6) is -0.701. The van der Waals surface area contributed by atoms with Crippen molar-refractivity contribution < 1.29 is 14.5 Å². The minimum Gasteiger partial charge on any atom is -0.381 e. The summed E-state index contributed by atoms with van der Waals surface area (Å²) in [4.78, 5) is 45.5. The van der Waals surface area contributed by atoms with Crippen LogP contribution < -0.4 is 11.2 Å².